The summed E-state index contributed by atoms with van der Waals surface area (Å²) in [6, 6.07) is 4.21. The van der Waals surface area contributed by atoms with Crippen LogP contribution in [0.15, 0.2) is 35.4 Å². The first-order chi connectivity index (χ1) is 9.81. The molecule has 0 radical (unpaired) electrons. The second-order valence-corrected chi connectivity index (χ2v) is 5.74. The van der Waals surface area contributed by atoms with E-state index < -0.39 is 0 Å². The van der Waals surface area contributed by atoms with Gasteiger partial charge in [-0.15, -0.1) is 11.3 Å². The van der Waals surface area contributed by atoms with Gasteiger partial charge in [0.15, 0.2) is 0 Å². The molecule has 0 spiro atoms. The van der Waals surface area contributed by atoms with Crippen LogP contribution in [-0.4, -0.2) is 16.5 Å². The Labute approximate surface area is 122 Å². The molecule has 0 bridgehead atoms. The van der Waals surface area contributed by atoms with E-state index in [-0.39, 0.29) is 0 Å². The van der Waals surface area contributed by atoms with Crippen LogP contribution in [0.25, 0.3) is 10.2 Å². The molecule has 0 atom stereocenters. The van der Waals surface area contributed by atoms with Crippen LogP contribution in [0.5, 0.6) is 0 Å². The third-order valence-electron chi connectivity index (χ3n) is 3.34. The Morgan fingerprint density at radius 2 is 2.20 bits per heavy atom. The largest absolute Gasteiger partial charge is 0.472 e. The maximum atomic E-state index is 5.15. The van der Waals surface area contributed by atoms with Crippen molar-refractivity contribution in [3.63, 3.8) is 0 Å². The molecule has 0 aliphatic carbocycles. The Balaban J connectivity index is 2.00. The van der Waals surface area contributed by atoms with Crippen molar-refractivity contribution in [2.75, 3.05) is 11.4 Å². The first-order valence-electron chi connectivity index (χ1n) is 6.81. The SMILES string of the molecule is CCc1cc2c(N(CC)Cc3ccoc3)ncnc2s1. The van der Waals surface area contributed by atoms with Crippen LogP contribution in [0, 0.1) is 0 Å². The molecule has 20 heavy (non-hydrogen) atoms. The number of thiophene rings is 1. The molecule has 0 amide bonds. The van der Waals surface area contributed by atoms with E-state index in [0.29, 0.717) is 0 Å². The molecule has 3 rings (SSSR count). The second-order valence-electron chi connectivity index (χ2n) is 4.63. The summed E-state index contributed by atoms with van der Waals surface area (Å²) < 4.78 is 5.15. The van der Waals surface area contributed by atoms with Crippen molar-refractivity contribution in [1.29, 1.82) is 0 Å². The lowest BCUT2D eigenvalue weighted by Crippen LogP contribution is -2.23. The molecule has 0 aliphatic heterocycles. The molecule has 4 nitrogen and oxygen atoms in total. The molecule has 0 saturated carbocycles. The molecular weight excluding hydrogens is 270 g/mol. The average molecular weight is 287 g/mol. The molecule has 0 N–H and O–H groups in total. The predicted molar refractivity (Wildman–Crippen MR) is 82.2 cm³/mol. The molecule has 0 aliphatic rings. The Morgan fingerprint density at radius 1 is 1.30 bits per heavy atom. The maximum absolute atomic E-state index is 5.15. The van der Waals surface area contributed by atoms with Crippen molar-refractivity contribution < 1.29 is 4.42 Å². The van der Waals surface area contributed by atoms with Crippen molar-refractivity contribution >= 4 is 27.4 Å². The minimum Gasteiger partial charge on any atom is -0.472 e. The van der Waals surface area contributed by atoms with Crippen LogP contribution in [0.2, 0.25) is 0 Å². The zero-order valence-electron chi connectivity index (χ0n) is 11.7. The second kappa shape index (κ2) is 5.63. The van der Waals surface area contributed by atoms with Crippen LogP contribution in [-0.2, 0) is 13.0 Å². The van der Waals surface area contributed by atoms with E-state index in [9.17, 15) is 0 Å². The normalized spacial score (nSPS) is 11.1. The van der Waals surface area contributed by atoms with Crippen molar-refractivity contribution in [1.82, 2.24) is 9.97 Å². The Morgan fingerprint density at radius 3 is 2.90 bits per heavy atom. The number of aryl methyl sites for hydroxylation is 1. The van der Waals surface area contributed by atoms with E-state index in [4.69, 9.17) is 4.42 Å². The molecule has 3 aromatic rings. The minimum atomic E-state index is 0.802. The summed E-state index contributed by atoms with van der Waals surface area (Å²) in [5.74, 6) is 1.01. The number of hydrogen-bond acceptors (Lipinski definition) is 5. The lowest BCUT2D eigenvalue weighted by atomic mass is 10.2. The Bertz CT molecular complexity index is 690. The Hall–Kier alpha value is -1.88. The average Bonchev–Trinajstić information content (AvgIpc) is 3.12. The zero-order valence-corrected chi connectivity index (χ0v) is 12.5. The number of hydrogen-bond donors (Lipinski definition) is 0. The Kier molecular flexibility index (Phi) is 3.69. The summed E-state index contributed by atoms with van der Waals surface area (Å²) in [6.45, 7) is 6.01. The maximum Gasteiger partial charge on any atom is 0.141 e. The van der Waals surface area contributed by atoms with Gasteiger partial charge in [-0.1, -0.05) is 6.92 Å². The lowest BCUT2D eigenvalue weighted by Gasteiger charge is -2.21. The van der Waals surface area contributed by atoms with Gasteiger partial charge in [0.25, 0.3) is 0 Å². The lowest BCUT2D eigenvalue weighted by molar-refractivity contribution is 0.563. The highest BCUT2D eigenvalue weighted by atomic mass is 32.1. The number of nitrogens with zero attached hydrogens (tertiary/aromatic N) is 3. The van der Waals surface area contributed by atoms with E-state index in [1.807, 2.05) is 6.07 Å². The van der Waals surface area contributed by atoms with Gasteiger partial charge in [-0.2, -0.15) is 0 Å². The summed E-state index contributed by atoms with van der Waals surface area (Å²) in [5, 5.41) is 1.15. The minimum absolute atomic E-state index is 0.802. The number of aromatic nitrogens is 2. The third kappa shape index (κ3) is 2.41. The highest BCUT2D eigenvalue weighted by Crippen LogP contribution is 2.31. The number of fused-ring (bicyclic) bond motifs is 1. The van der Waals surface area contributed by atoms with Crippen LogP contribution in [0.3, 0.4) is 0 Å². The van der Waals surface area contributed by atoms with Gasteiger partial charge in [0.1, 0.15) is 17.0 Å². The van der Waals surface area contributed by atoms with Crippen LogP contribution in [0.1, 0.15) is 24.3 Å². The summed E-state index contributed by atoms with van der Waals surface area (Å²) in [4.78, 5) is 13.5. The standard InChI is InChI=1S/C15H17N3OS/c1-3-12-7-13-14(16-10-17-15(13)20-12)18(4-2)8-11-5-6-19-9-11/h5-7,9-10H,3-4,8H2,1-2H3. The first-order valence-corrected chi connectivity index (χ1v) is 7.63. The molecule has 0 saturated heterocycles. The number of anilines is 1. The summed E-state index contributed by atoms with van der Waals surface area (Å²) >= 11 is 1.75. The van der Waals surface area contributed by atoms with Gasteiger partial charge in [0, 0.05) is 23.5 Å². The third-order valence-corrected chi connectivity index (χ3v) is 4.53. The highest BCUT2D eigenvalue weighted by Gasteiger charge is 2.14. The van der Waals surface area contributed by atoms with Crippen molar-refractivity contribution in [3.05, 3.63) is 41.4 Å². The molecule has 0 fully saturated rings. The number of furan rings is 1. The summed E-state index contributed by atoms with van der Waals surface area (Å²) in [6.07, 6.45) is 6.19. The van der Waals surface area contributed by atoms with Crippen molar-refractivity contribution in [3.8, 4) is 0 Å². The molecule has 0 unspecified atom stereocenters. The van der Waals surface area contributed by atoms with Gasteiger partial charge in [0.2, 0.25) is 0 Å². The number of rotatable bonds is 5. The summed E-state index contributed by atoms with van der Waals surface area (Å²) in [5.41, 5.74) is 1.16. The molecule has 104 valence electrons. The predicted octanol–water partition coefficient (Wildman–Crippen LogP) is 3.87. The first kappa shape index (κ1) is 13.1. The van der Waals surface area contributed by atoms with Gasteiger partial charge in [0.05, 0.1) is 17.9 Å². The monoisotopic (exact) mass is 287 g/mol. The van der Waals surface area contributed by atoms with Crippen LogP contribution < -0.4 is 4.90 Å². The fraction of sp³-hybridized carbons (Fsp3) is 0.333. The zero-order chi connectivity index (χ0) is 13.9. The van der Waals surface area contributed by atoms with E-state index in [1.165, 1.54) is 4.88 Å². The fourth-order valence-corrected chi connectivity index (χ4v) is 3.19. The van der Waals surface area contributed by atoms with E-state index in [2.05, 4.69) is 34.8 Å². The van der Waals surface area contributed by atoms with Gasteiger partial charge < -0.3 is 9.32 Å². The van der Waals surface area contributed by atoms with Gasteiger partial charge in [-0.05, 0) is 25.5 Å². The summed E-state index contributed by atoms with van der Waals surface area (Å²) in [7, 11) is 0. The van der Waals surface area contributed by atoms with E-state index >= 15 is 0 Å². The smallest absolute Gasteiger partial charge is 0.141 e. The molecule has 0 aromatic carbocycles. The van der Waals surface area contributed by atoms with Crippen LogP contribution >= 0.6 is 11.3 Å². The van der Waals surface area contributed by atoms with Crippen LogP contribution in [0.4, 0.5) is 5.82 Å². The quantitative estimate of drug-likeness (QED) is 0.714. The molecular formula is C15H17N3OS. The molecule has 3 aromatic heterocycles. The molecule has 3 heterocycles. The van der Waals surface area contributed by atoms with Crippen molar-refractivity contribution in [2.24, 2.45) is 0 Å². The van der Waals surface area contributed by atoms with Crippen molar-refractivity contribution in [2.45, 2.75) is 26.8 Å². The molecule has 5 heteroatoms. The van der Waals surface area contributed by atoms with Gasteiger partial charge >= 0.3 is 0 Å². The fourth-order valence-electron chi connectivity index (χ4n) is 2.26. The van der Waals surface area contributed by atoms with E-state index in [1.54, 1.807) is 30.2 Å². The van der Waals surface area contributed by atoms with E-state index in [0.717, 1.165) is 41.1 Å². The van der Waals surface area contributed by atoms with Gasteiger partial charge in [-0.3, -0.25) is 0 Å². The van der Waals surface area contributed by atoms with Gasteiger partial charge in [-0.25, -0.2) is 9.97 Å². The highest BCUT2D eigenvalue weighted by molar-refractivity contribution is 7.18. The topological polar surface area (TPSA) is 42.2 Å².